The second kappa shape index (κ2) is 5.56. The first-order valence-electron chi connectivity index (χ1n) is 6.22. The van der Waals surface area contributed by atoms with Gasteiger partial charge in [0.15, 0.2) is 0 Å². The Kier molecular flexibility index (Phi) is 3.85. The summed E-state index contributed by atoms with van der Waals surface area (Å²) >= 11 is 0. The van der Waals surface area contributed by atoms with Gasteiger partial charge in [-0.1, -0.05) is 25.1 Å². The van der Waals surface area contributed by atoms with E-state index in [0.29, 0.717) is 6.54 Å². The van der Waals surface area contributed by atoms with Gasteiger partial charge in [-0.3, -0.25) is 9.13 Å². The van der Waals surface area contributed by atoms with Crippen molar-refractivity contribution in [1.29, 1.82) is 0 Å². The number of rotatable bonds is 5. The molecular formula is C14H16N2O3. The largest absolute Gasteiger partial charge is 0.478 e. The summed E-state index contributed by atoms with van der Waals surface area (Å²) in [6, 6.07) is 7.54. The number of para-hydroxylation sites is 2. The fourth-order valence-electron chi connectivity index (χ4n) is 2.15. The fourth-order valence-corrected chi connectivity index (χ4v) is 2.15. The lowest BCUT2D eigenvalue weighted by atomic mass is 10.3. The number of carboxylic acids is 1. The highest BCUT2D eigenvalue weighted by atomic mass is 16.4. The van der Waals surface area contributed by atoms with E-state index in [2.05, 4.69) is 0 Å². The predicted octanol–water partition coefficient (Wildman–Crippen LogP) is 1.85. The van der Waals surface area contributed by atoms with Crippen molar-refractivity contribution in [2.45, 2.75) is 26.4 Å². The lowest BCUT2D eigenvalue weighted by Crippen LogP contribution is -2.24. The number of aryl methyl sites for hydroxylation is 1. The number of nitrogens with zero attached hydrogens (tertiary/aromatic N) is 2. The van der Waals surface area contributed by atoms with Crippen LogP contribution in [0.1, 0.15) is 13.3 Å². The molecule has 0 saturated carbocycles. The SMILES string of the molecule is CCCn1c(=O)n(CC=CC(=O)O)c2ccccc21. The van der Waals surface area contributed by atoms with E-state index >= 15 is 0 Å². The first kappa shape index (κ1) is 13.1. The van der Waals surface area contributed by atoms with Crippen LogP contribution in [0.5, 0.6) is 0 Å². The van der Waals surface area contributed by atoms with Crippen LogP contribution in [-0.4, -0.2) is 20.2 Å². The summed E-state index contributed by atoms with van der Waals surface area (Å²) < 4.78 is 3.31. The van der Waals surface area contributed by atoms with Gasteiger partial charge in [-0.05, 0) is 18.6 Å². The molecule has 2 aromatic rings. The third-order valence-corrected chi connectivity index (χ3v) is 2.92. The number of hydrogen-bond acceptors (Lipinski definition) is 2. The molecule has 0 aliphatic carbocycles. The zero-order valence-electron chi connectivity index (χ0n) is 10.7. The van der Waals surface area contributed by atoms with Crippen LogP contribution >= 0.6 is 0 Å². The highest BCUT2D eigenvalue weighted by molar-refractivity contribution is 5.80. The van der Waals surface area contributed by atoms with E-state index in [4.69, 9.17) is 5.11 Å². The average Bonchev–Trinajstić information content (AvgIpc) is 2.65. The van der Waals surface area contributed by atoms with Gasteiger partial charge in [0.2, 0.25) is 0 Å². The van der Waals surface area contributed by atoms with E-state index in [-0.39, 0.29) is 12.2 Å². The minimum absolute atomic E-state index is 0.0990. The van der Waals surface area contributed by atoms with Gasteiger partial charge in [-0.2, -0.15) is 0 Å². The van der Waals surface area contributed by atoms with Gasteiger partial charge in [-0.15, -0.1) is 0 Å². The predicted molar refractivity (Wildman–Crippen MR) is 73.3 cm³/mol. The molecule has 0 spiro atoms. The van der Waals surface area contributed by atoms with Crippen molar-refractivity contribution < 1.29 is 9.90 Å². The van der Waals surface area contributed by atoms with E-state index in [9.17, 15) is 9.59 Å². The molecule has 0 radical (unpaired) electrons. The molecule has 0 bridgehead atoms. The van der Waals surface area contributed by atoms with E-state index in [0.717, 1.165) is 23.5 Å². The van der Waals surface area contributed by atoms with Gasteiger partial charge in [-0.25, -0.2) is 9.59 Å². The molecule has 5 nitrogen and oxygen atoms in total. The molecule has 1 N–H and O–H groups in total. The number of benzene rings is 1. The molecule has 0 unspecified atom stereocenters. The fraction of sp³-hybridized carbons (Fsp3) is 0.286. The number of fused-ring (bicyclic) bond motifs is 1. The normalized spacial score (nSPS) is 11.4. The smallest absolute Gasteiger partial charge is 0.329 e. The van der Waals surface area contributed by atoms with Crippen molar-refractivity contribution in [3.63, 3.8) is 0 Å². The molecule has 1 heterocycles. The number of carbonyl (C=O) groups is 1. The van der Waals surface area contributed by atoms with Crippen LogP contribution < -0.4 is 5.69 Å². The van der Waals surface area contributed by atoms with Crippen molar-refractivity contribution in [3.8, 4) is 0 Å². The molecule has 19 heavy (non-hydrogen) atoms. The van der Waals surface area contributed by atoms with Crippen molar-refractivity contribution in [2.24, 2.45) is 0 Å². The van der Waals surface area contributed by atoms with Crippen molar-refractivity contribution >= 4 is 17.0 Å². The standard InChI is InChI=1S/C14H16N2O3/c1-2-9-15-11-6-3-4-7-12(11)16(14(15)19)10-5-8-13(17)18/h3-8H,2,9-10H2,1H3,(H,17,18). The maximum absolute atomic E-state index is 12.3. The van der Waals surface area contributed by atoms with Gasteiger partial charge in [0.05, 0.1) is 11.0 Å². The second-order valence-corrected chi connectivity index (χ2v) is 4.27. The summed E-state index contributed by atoms with van der Waals surface area (Å²) in [4.78, 5) is 22.8. The molecule has 0 aliphatic heterocycles. The molecule has 1 aromatic heterocycles. The molecule has 2 rings (SSSR count). The Morgan fingerprint density at radius 1 is 1.26 bits per heavy atom. The summed E-state index contributed by atoms with van der Waals surface area (Å²) in [5, 5.41) is 8.58. The number of carboxylic acid groups (broad SMARTS) is 1. The summed E-state index contributed by atoms with van der Waals surface area (Å²) in [5.74, 6) is -1.01. The van der Waals surface area contributed by atoms with E-state index < -0.39 is 5.97 Å². The molecule has 5 heteroatoms. The van der Waals surface area contributed by atoms with Gasteiger partial charge in [0.25, 0.3) is 0 Å². The van der Waals surface area contributed by atoms with Gasteiger partial charge in [0.1, 0.15) is 0 Å². The van der Waals surface area contributed by atoms with E-state index in [1.165, 1.54) is 6.08 Å². The van der Waals surface area contributed by atoms with Crippen LogP contribution in [0.2, 0.25) is 0 Å². The number of allylic oxidation sites excluding steroid dienone is 1. The summed E-state index contributed by atoms with van der Waals surface area (Å²) in [6.07, 6.45) is 3.41. The molecule has 0 atom stereocenters. The van der Waals surface area contributed by atoms with Crippen molar-refractivity contribution in [1.82, 2.24) is 9.13 Å². The topological polar surface area (TPSA) is 64.2 Å². The minimum atomic E-state index is -1.01. The number of imidazole rings is 1. The molecule has 0 aliphatic rings. The second-order valence-electron chi connectivity index (χ2n) is 4.27. The maximum atomic E-state index is 12.3. The highest BCUT2D eigenvalue weighted by Gasteiger charge is 2.10. The summed E-state index contributed by atoms with van der Waals surface area (Å²) in [7, 11) is 0. The molecule has 1 aromatic carbocycles. The molecule has 100 valence electrons. The Bertz CT molecular complexity index is 680. The van der Waals surface area contributed by atoms with Crippen LogP contribution in [0, 0.1) is 0 Å². The van der Waals surface area contributed by atoms with Gasteiger partial charge >= 0.3 is 11.7 Å². The lowest BCUT2D eigenvalue weighted by molar-refractivity contribution is -0.131. The Labute approximate surface area is 110 Å². The van der Waals surface area contributed by atoms with E-state index in [1.54, 1.807) is 9.13 Å². The number of hydrogen-bond donors (Lipinski definition) is 1. The molecule has 0 saturated heterocycles. The Hall–Kier alpha value is -2.30. The minimum Gasteiger partial charge on any atom is -0.478 e. The van der Waals surface area contributed by atoms with Crippen LogP contribution in [0.15, 0.2) is 41.2 Å². The number of aliphatic carboxylic acids is 1. The van der Waals surface area contributed by atoms with Crippen LogP contribution in [-0.2, 0) is 17.9 Å². The molecule has 0 amide bonds. The summed E-state index contributed by atoms with van der Waals surface area (Å²) in [6.45, 7) is 2.94. The monoisotopic (exact) mass is 260 g/mol. The molecular weight excluding hydrogens is 244 g/mol. The van der Waals surface area contributed by atoms with Crippen LogP contribution in [0.3, 0.4) is 0 Å². The third kappa shape index (κ3) is 2.59. The lowest BCUT2D eigenvalue weighted by Gasteiger charge is -1.98. The maximum Gasteiger partial charge on any atom is 0.329 e. The Morgan fingerprint density at radius 3 is 2.47 bits per heavy atom. The van der Waals surface area contributed by atoms with E-state index in [1.807, 2.05) is 31.2 Å². The average molecular weight is 260 g/mol. The molecule has 0 fully saturated rings. The zero-order chi connectivity index (χ0) is 13.8. The first-order valence-corrected chi connectivity index (χ1v) is 6.22. The third-order valence-electron chi connectivity index (χ3n) is 2.92. The summed E-state index contributed by atoms with van der Waals surface area (Å²) in [5.41, 5.74) is 1.62. The Morgan fingerprint density at radius 2 is 1.89 bits per heavy atom. The van der Waals surface area contributed by atoms with Gasteiger partial charge < -0.3 is 5.11 Å². The van der Waals surface area contributed by atoms with Crippen molar-refractivity contribution in [3.05, 3.63) is 46.9 Å². The Balaban J connectivity index is 2.51. The highest BCUT2D eigenvalue weighted by Crippen LogP contribution is 2.13. The zero-order valence-corrected chi connectivity index (χ0v) is 10.7. The van der Waals surface area contributed by atoms with Crippen LogP contribution in [0.25, 0.3) is 11.0 Å². The first-order chi connectivity index (χ1) is 9.15. The quantitative estimate of drug-likeness (QED) is 0.834. The van der Waals surface area contributed by atoms with Crippen LogP contribution in [0.4, 0.5) is 0 Å². The number of aromatic nitrogens is 2. The van der Waals surface area contributed by atoms with Crippen molar-refractivity contribution in [2.75, 3.05) is 0 Å². The van der Waals surface area contributed by atoms with Gasteiger partial charge in [0, 0.05) is 19.2 Å².